The van der Waals surface area contributed by atoms with E-state index in [0.717, 1.165) is 0 Å². The van der Waals surface area contributed by atoms with E-state index in [1.54, 1.807) is 32.9 Å². The zero-order valence-corrected chi connectivity index (χ0v) is 12.1. The SMILES string of the molecule is CCOC(=O)c1c(C)ccc(CC)c1S(=O)(=O)Cl. The number of rotatable bonds is 4. The molecular weight excluding hydrogens is 276 g/mol. The molecule has 0 saturated carbocycles. The van der Waals surface area contributed by atoms with Crippen LogP contribution in [0.4, 0.5) is 0 Å². The molecular formula is C12H15ClO4S. The van der Waals surface area contributed by atoms with E-state index < -0.39 is 15.0 Å². The number of ether oxygens (including phenoxy) is 1. The Bertz CT molecular complexity index is 564. The Morgan fingerprint density at radius 3 is 2.39 bits per heavy atom. The number of halogens is 1. The Morgan fingerprint density at radius 2 is 1.94 bits per heavy atom. The normalized spacial score (nSPS) is 11.3. The maximum absolute atomic E-state index is 11.9. The summed E-state index contributed by atoms with van der Waals surface area (Å²) in [4.78, 5) is 11.7. The fourth-order valence-corrected chi connectivity index (χ4v) is 3.28. The van der Waals surface area contributed by atoms with Gasteiger partial charge in [0, 0.05) is 10.7 Å². The molecule has 0 saturated heterocycles. The maximum Gasteiger partial charge on any atom is 0.339 e. The van der Waals surface area contributed by atoms with Crippen LogP contribution in [0.25, 0.3) is 0 Å². The van der Waals surface area contributed by atoms with Crippen molar-refractivity contribution in [3.8, 4) is 0 Å². The van der Waals surface area contributed by atoms with Crippen LogP contribution in [0.5, 0.6) is 0 Å². The van der Waals surface area contributed by atoms with E-state index in [0.29, 0.717) is 17.5 Å². The molecule has 0 spiro atoms. The van der Waals surface area contributed by atoms with Gasteiger partial charge in [-0.2, -0.15) is 0 Å². The summed E-state index contributed by atoms with van der Waals surface area (Å²) in [5, 5.41) is 0. The predicted molar refractivity (Wildman–Crippen MR) is 69.6 cm³/mol. The standard InChI is InChI=1S/C12H15ClO4S/c1-4-9-7-6-8(3)10(12(14)17-5-2)11(9)18(13,15)16/h6-7H,4-5H2,1-3H3. The number of carbonyl (C=O) groups is 1. The highest BCUT2D eigenvalue weighted by molar-refractivity contribution is 8.13. The molecule has 1 rings (SSSR count). The van der Waals surface area contributed by atoms with Gasteiger partial charge in [-0.1, -0.05) is 19.1 Å². The number of benzene rings is 1. The van der Waals surface area contributed by atoms with Gasteiger partial charge in [0.1, 0.15) is 4.90 Å². The number of hydrogen-bond donors (Lipinski definition) is 0. The van der Waals surface area contributed by atoms with Crippen LogP contribution in [0, 0.1) is 6.92 Å². The summed E-state index contributed by atoms with van der Waals surface area (Å²) in [6.45, 7) is 5.28. The van der Waals surface area contributed by atoms with Gasteiger partial charge < -0.3 is 4.74 Å². The smallest absolute Gasteiger partial charge is 0.339 e. The third-order valence-electron chi connectivity index (χ3n) is 2.55. The molecule has 0 N–H and O–H groups in total. The second-order valence-electron chi connectivity index (χ2n) is 3.76. The van der Waals surface area contributed by atoms with Gasteiger partial charge in [0.2, 0.25) is 0 Å². The molecule has 4 nitrogen and oxygen atoms in total. The second-order valence-corrected chi connectivity index (χ2v) is 6.26. The molecule has 0 unspecified atom stereocenters. The van der Waals surface area contributed by atoms with E-state index in [1.165, 1.54) is 0 Å². The van der Waals surface area contributed by atoms with E-state index in [9.17, 15) is 13.2 Å². The number of hydrogen-bond acceptors (Lipinski definition) is 4. The third kappa shape index (κ3) is 3.03. The lowest BCUT2D eigenvalue weighted by molar-refractivity contribution is 0.0521. The quantitative estimate of drug-likeness (QED) is 0.632. The monoisotopic (exact) mass is 290 g/mol. The van der Waals surface area contributed by atoms with Crippen molar-refractivity contribution >= 4 is 25.7 Å². The minimum Gasteiger partial charge on any atom is -0.462 e. The van der Waals surface area contributed by atoms with Crippen LogP contribution in [0.3, 0.4) is 0 Å². The molecule has 0 aliphatic rings. The Balaban J connectivity index is 3.62. The van der Waals surface area contributed by atoms with Crippen LogP contribution < -0.4 is 0 Å². The Kier molecular flexibility index (Phi) is 4.76. The molecule has 0 radical (unpaired) electrons. The summed E-state index contributed by atoms with van der Waals surface area (Å²) in [5.74, 6) is -0.662. The van der Waals surface area contributed by atoms with Crippen molar-refractivity contribution in [2.45, 2.75) is 32.1 Å². The Hall–Kier alpha value is -1.07. The molecule has 1 aromatic carbocycles. The molecule has 0 heterocycles. The zero-order valence-electron chi connectivity index (χ0n) is 10.5. The first kappa shape index (κ1) is 15.0. The highest BCUT2D eigenvalue weighted by Crippen LogP contribution is 2.28. The van der Waals surface area contributed by atoms with Gasteiger partial charge in [-0.3, -0.25) is 0 Å². The van der Waals surface area contributed by atoms with Crippen molar-refractivity contribution < 1.29 is 17.9 Å². The van der Waals surface area contributed by atoms with Gasteiger partial charge in [-0.05, 0) is 31.4 Å². The molecule has 6 heteroatoms. The van der Waals surface area contributed by atoms with Gasteiger partial charge in [0.15, 0.2) is 0 Å². The summed E-state index contributed by atoms with van der Waals surface area (Å²) in [6, 6.07) is 3.35. The maximum atomic E-state index is 11.9. The first-order valence-corrected chi connectivity index (χ1v) is 7.88. The minimum absolute atomic E-state index is 0.0335. The third-order valence-corrected chi connectivity index (χ3v) is 3.97. The van der Waals surface area contributed by atoms with Crippen LogP contribution in [0.2, 0.25) is 0 Å². The van der Waals surface area contributed by atoms with E-state index in [4.69, 9.17) is 15.4 Å². The van der Waals surface area contributed by atoms with Gasteiger partial charge in [0.05, 0.1) is 12.2 Å². The number of carbonyl (C=O) groups excluding carboxylic acids is 1. The second kappa shape index (κ2) is 5.71. The van der Waals surface area contributed by atoms with E-state index >= 15 is 0 Å². The number of aryl methyl sites for hydroxylation is 2. The van der Waals surface area contributed by atoms with E-state index in [2.05, 4.69) is 0 Å². The summed E-state index contributed by atoms with van der Waals surface area (Å²) in [6.07, 6.45) is 0.466. The predicted octanol–water partition coefficient (Wildman–Crippen LogP) is 2.66. The molecule has 0 fully saturated rings. The molecule has 0 aromatic heterocycles. The van der Waals surface area contributed by atoms with Crippen molar-refractivity contribution in [1.29, 1.82) is 0 Å². The lowest BCUT2D eigenvalue weighted by Crippen LogP contribution is -2.13. The van der Waals surface area contributed by atoms with Crippen LogP contribution in [-0.4, -0.2) is 21.0 Å². The zero-order chi connectivity index (χ0) is 13.9. The first-order chi connectivity index (χ1) is 8.32. The fraction of sp³-hybridized carbons (Fsp3) is 0.417. The molecule has 0 bridgehead atoms. The van der Waals surface area contributed by atoms with Crippen molar-refractivity contribution in [2.24, 2.45) is 0 Å². The van der Waals surface area contributed by atoms with E-state index in [1.807, 2.05) is 0 Å². The molecule has 100 valence electrons. The van der Waals surface area contributed by atoms with Gasteiger partial charge in [-0.15, -0.1) is 0 Å². The summed E-state index contributed by atoms with van der Waals surface area (Å²) >= 11 is 0. The van der Waals surface area contributed by atoms with Gasteiger partial charge in [-0.25, -0.2) is 13.2 Å². The Morgan fingerprint density at radius 1 is 1.33 bits per heavy atom. The lowest BCUT2D eigenvalue weighted by Gasteiger charge is -2.13. The fourth-order valence-electron chi connectivity index (χ4n) is 1.74. The molecule has 1 aromatic rings. The van der Waals surface area contributed by atoms with Gasteiger partial charge in [0.25, 0.3) is 9.05 Å². The van der Waals surface area contributed by atoms with Crippen LogP contribution in [0.1, 0.15) is 35.3 Å². The molecule has 0 aliphatic carbocycles. The highest BCUT2D eigenvalue weighted by Gasteiger charge is 2.26. The first-order valence-electron chi connectivity index (χ1n) is 5.57. The summed E-state index contributed by atoms with van der Waals surface area (Å²) in [7, 11) is 1.44. The molecule has 0 amide bonds. The molecule has 18 heavy (non-hydrogen) atoms. The number of esters is 1. The molecule has 0 atom stereocenters. The van der Waals surface area contributed by atoms with Crippen molar-refractivity contribution in [3.05, 3.63) is 28.8 Å². The van der Waals surface area contributed by atoms with Crippen molar-refractivity contribution in [1.82, 2.24) is 0 Å². The average molecular weight is 291 g/mol. The van der Waals surface area contributed by atoms with Crippen LogP contribution in [-0.2, 0) is 20.2 Å². The largest absolute Gasteiger partial charge is 0.462 e. The van der Waals surface area contributed by atoms with E-state index in [-0.39, 0.29) is 17.1 Å². The Labute approximate surface area is 111 Å². The van der Waals surface area contributed by atoms with Crippen molar-refractivity contribution in [3.63, 3.8) is 0 Å². The minimum atomic E-state index is -3.99. The summed E-state index contributed by atoms with van der Waals surface area (Å²) < 4.78 is 28.2. The highest BCUT2D eigenvalue weighted by atomic mass is 35.7. The average Bonchev–Trinajstić information content (AvgIpc) is 2.27. The van der Waals surface area contributed by atoms with Crippen LogP contribution in [0.15, 0.2) is 17.0 Å². The van der Waals surface area contributed by atoms with Crippen molar-refractivity contribution in [2.75, 3.05) is 6.61 Å². The van der Waals surface area contributed by atoms with Gasteiger partial charge >= 0.3 is 5.97 Å². The lowest BCUT2D eigenvalue weighted by atomic mass is 10.0. The topological polar surface area (TPSA) is 60.4 Å². The molecule has 0 aliphatic heterocycles. The van der Waals surface area contributed by atoms with Crippen LogP contribution >= 0.6 is 10.7 Å². The summed E-state index contributed by atoms with van der Waals surface area (Å²) in [5.41, 5.74) is 1.08.